The van der Waals surface area contributed by atoms with Crippen molar-refractivity contribution in [2.75, 3.05) is 25.5 Å². The van der Waals surface area contributed by atoms with Gasteiger partial charge < -0.3 is 25.0 Å². The lowest BCUT2D eigenvalue weighted by Crippen LogP contribution is -2.64. The molecule has 3 heterocycles. The van der Waals surface area contributed by atoms with Crippen LogP contribution < -0.4 is 16.1 Å². The van der Waals surface area contributed by atoms with Gasteiger partial charge in [-0.1, -0.05) is 18.2 Å². The third kappa shape index (κ3) is 4.66. The second-order valence-corrected chi connectivity index (χ2v) is 8.36. The third-order valence-electron chi connectivity index (χ3n) is 5.57. The molecule has 3 atom stereocenters. The zero-order valence-corrected chi connectivity index (χ0v) is 18.6. The molecule has 1 aromatic rings. The number of hydrogen-bond acceptors (Lipinski definition) is 9. The largest absolute Gasteiger partial charge is 0.389 e. The number of carbonyl (C=O) groups excluding carboxylic acids is 3. The Kier molecular flexibility index (Phi) is 6.29. The lowest BCUT2D eigenvalue weighted by atomic mass is 10.0. The minimum atomic E-state index is -0.925. The first-order valence-electron chi connectivity index (χ1n) is 10.7. The quantitative estimate of drug-likeness (QED) is 0.419. The molecule has 4 rings (SSSR count). The summed E-state index contributed by atoms with van der Waals surface area (Å²) < 4.78 is 5.47. The van der Waals surface area contributed by atoms with Crippen molar-refractivity contribution in [3.63, 3.8) is 0 Å². The van der Waals surface area contributed by atoms with E-state index < -0.39 is 30.2 Å². The SMILES string of the molecule is CC(C)OCC(O)CN1C(N/N=C2/Cc3ccccc3NC2=O)=NC2C1C(=O)NC(=O)N2C. The van der Waals surface area contributed by atoms with E-state index in [2.05, 4.69) is 26.2 Å². The van der Waals surface area contributed by atoms with Gasteiger partial charge >= 0.3 is 6.03 Å². The highest BCUT2D eigenvalue weighted by atomic mass is 16.5. The first-order chi connectivity index (χ1) is 15.7. The minimum absolute atomic E-state index is 0.00898. The molecule has 12 heteroatoms. The van der Waals surface area contributed by atoms with Crippen LogP contribution in [0.5, 0.6) is 0 Å². The topological polar surface area (TPSA) is 148 Å². The van der Waals surface area contributed by atoms with E-state index in [0.717, 1.165) is 11.3 Å². The first kappa shape index (κ1) is 22.7. The molecule has 0 spiro atoms. The minimum Gasteiger partial charge on any atom is -0.389 e. The predicted molar refractivity (Wildman–Crippen MR) is 119 cm³/mol. The monoisotopic (exact) mass is 457 g/mol. The number of aliphatic hydroxyl groups is 1. The number of aliphatic imine (C=N–C) groups is 1. The molecule has 1 saturated heterocycles. The molecular weight excluding hydrogens is 430 g/mol. The van der Waals surface area contributed by atoms with Gasteiger partial charge in [-0.05, 0) is 25.5 Å². The fraction of sp³-hybridized carbons (Fsp3) is 0.476. The lowest BCUT2D eigenvalue weighted by Gasteiger charge is -2.36. The van der Waals surface area contributed by atoms with E-state index in [1.165, 1.54) is 16.8 Å². The Balaban J connectivity index is 1.56. The van der Waals surface area contributed by atoms with Crippen LogP contribution in [0.25, 0.3) is 0 Å². The number of fused-ring (bicyclic) bond motifs is 2. The average Bonchev–Trinajstić information content (AvgIpc) is 3.13. The number of likely N-dealkylation sites (N-methyl/N-ethyl adjacent to an activating group) is 1. The molecule has 0 aromatic heterocycles. The number of rotatable bonds is 6. The van der Waals surface area contributed by atoms with Gasteiger partial charge in [0, 0.05) is 19.2 Å². The van der Waals surface area contributed by atoms with Crippen molar-refractivity contribution in [1.29, 1.82) is 0 Å². The van der Waals surface area contributed by atoms with Crippen LogP contribution in [-0.2, 0) is 20.7 Å². The number of para-hydroxylation sites is 1. The number of ether oxygens (including phenoxy) is 1. The number of urea groups is 1. The zero-order valence-electron chi connectivity index (χ0n) is 18.6. The van der Waals surface area contributed by atoms with Crippen LogP contribution in [0.15, 0.2) is 34.4 Å². The Bertz CT molecular complexity index is 1020. The molecule has 0 aliphatic carbocycles. The molecule has 176 valence electrons. The molecule has 0 saturated carbocycles. The number of amides is 4. The van der Waals surface area contributed by atoms with Crippen LogP contribution in [0.2, 0.25) is 0 Å². The molecule has 4 N–H and O–H groups in total. The number of anilines is 1. The number of carbonyl (C=O) groups is 3. The van der Waals surface area contributed by atoms with Crippen LogP contribution in [0, 0.1) is 0 Å². The third-order valence-corrected chi connectivity index (χ3v) is 5.57. The number of nitrogens with zero attached hydrogens (tertiary/aromatic N) is 4. The summed E-state index contributed by atoms with van der Waals surface area (Å²) >= 11 is 0. The second kappa shape index (κ2) is 9.16. The van der Waals surface area contributed by atoms with E-state index in [4.69, 9.17) is 4.74 Å². The van der Waals surface area contributed by atoms with Crippen molar-refractivity contribution in [3.8, 4) is 0 Å². The van der Waals surface area contributed by atoms with E-state index in [9.17, 15) is 19.5 Å². The number of β-amino-alcohol motifs (C(OH)–C–C–N with tert-alkyl or cyclic N) is 1. The highest BCUT2D eigenvalue weighted by Crippen LogP contribution is 2.24. The van der Waals surface area contributed by atoms with Gasteiger partial charge in [0.1, 0.15) is 5.71 Å². The molecule has 3 aliphatic heterocycles. The van der Waals surface area contributed by atoms with Crippen molar-refractivity contribution in [3.05, 3.63) is 29.8 Å². The van der Waals surface area contributed by atoms with Crippen molar-refractivity contribution in [2.45, 2.75) is 44.7 Å². The number of hydrogen-bond donors (Lipinski definition) is 4. The molecule has 3 unspecified atom stereocenters. The number of hydrazone groups is 1. The molecule has 1 aromatic carbocycles. The smallest absolute Gasteiger partial charge is 0.325 e. The first-order valence-corrected chi connectivity index (χ1v) is 10.7. The Hall–Kier alpha value is -3.51. The molecule has 1 fully saturated rings. The molecule has 3 aliphatic rings. The van der Waals surface area contributed by atoms with Crippen molar-refractivity contribution < 1.29 is 24.2 Å². The fourth-order valence-corrected chi connectivity index (χ4v) is 3.86. The Morgan fingerprint density at radius 1 is 1.27 bits per heavy atom. The molecule has 4 amide bonds. The number of aliphatic hydroxyl groups excluding tert-OH is 1. The Morgan fingerprint density at radius 2 is 2.03 bits per heavy atom. The fourth-order valence-electron chi connectivity index (χ4n) is 3.86. The molecule has 0 bridgehead atoms. The Labute approximate surface area is 190 Å². The van der Waals surface area contributed by atoms with Gasteiger partial charge in [-0.3, -0.25) is 14.9 Å². The van der Waals surface area contributed by atoms with Crippen LogP contribution in [0.3, 0.4) is 0 Å². The van der Waals surface area contributed by atoms with Gasteiger partial charge in [0.05, 0.1) is 25.4 Å². The van der Waals surface area contributed by atoms with E-state index in [-0.39, 0.29) is 36.8 Å². The van der Waals surface area contributed by atoms with Gasteiger partial charge in [0.15, 0.2) is 12.2 Å². The van der Waals surface area contributed by atoms with Crippen LogP contribution >= 0.6 is 0 Å². The van der Waals surface area contributed by atoms with Crippen LogP contribution in [0.4, 0.5) is 10.5 Å². The van der Waals surface area contributed by atoms with Crippen molar-refractivity contribution in [1.82, 2.24) is 20.5 Å². The summed E-state index contributed by atoms with van der Waals surface area (Å²) in [4.78, 5) is 44.4. The number of imide groups is 1. The molecule has 0 radical (unpaired) electrons. The van der Waals surface area contributed by atoms with Crippen LogP contribution in [0.1, 0.15) is 19.4 Å². The summed E-state index contributed by atoms with van der Waals surface area (Å²) in [6.07, 6.45) is -1.48. The average molecular weight is 457 g/mol. The maximum Gasteiger partial charge on any atom is 0.325 e. The molecular formula is C21H27N7O5. The zero-order chi connectivity index (χ0) is 23.7. The highest BCUT2D eigenvalue weighted by Gasteiger charge is 2.49. The maximum atomic E-state index is 12.6. The summed E-state index contributed by atoms with van der Waals surface area (Å²) in [6.45, 7) is 3.77. The standard InChI is InChI=1S/C21H27N7O5/c1-11(2)33-10-13(29)9-28-16-17(27(3)21(32)24-19(16)31)23-20(28)26-25-15-8-12-6-4-5-7-14(12)22-18(15)30/h4-7,11,13,16-17,29H,8-10H2,1-3H3,(H,22,30)(H,23,26)(H,24,31,32)/b25-15-. The summed E-state index contributed by atoms with van der Waals surface area (Å²) in [5, 5.41) is 19.8. The summed E-state index contributed by atoms with van der Waals surface area (Å²) in [5.74, 6) is -0.707. The Morgan fingerprint density at radius 3 is 2.79 bits per heavy atom. The number of nitrogens with one attached hydrogen (secondary N) is 3. The summed E-state index contributed by atoms with van der Waals surface area (Å²) in [5.41, 5.74) is 4.67. The predicted octanol–water partition coefficient (Wildman–Crippen LogP) is -0.539. The number of guanidine groups is 1. The van der Waals surface area contributed by atoms with E-state index in [0.29, 0.717) is 6.42 Å². The maximum absolute atomic E-state index is 12.6. The van der Waals surface area contributed by atoms with Gasteiger partial charge in [-0.2, -0.15) is 5.10 Å². The van der Waals surface area contributed by atoms with Crippen LogP contribution in [-0.4, -0.2) is 89.0 Å². The van der Waals surface area contributed by atoms with Gasteiger partial charge in [0.25, 0.3) is 11.8 Å². The van der Waals surface area contributed by atoms with E-state index in [1.807, 2.05) is 38.1 Å². The van der Waals surface area contributed by atoms with Crippen molar-refractivity contribution >= 4 is 35.2 Å². The van der Waals surface area contributed by atoms with Crippen molar-refractivity contribution in [2.24, 2.45) is 10.1 Å². The lowest BCUT2D eigenvalue weighted by molar-refractivity contribution is -0.127. The normalized spacial score (nSPS) is 24.3. The second-order valence-electron chi connectivity index (χ2n) is 8.36. The summed E-state index contributed by atoms with van der Waals surface area (Å²) in [7, 11) is 1.53. The van der Waals surface area contributed by atoms with E-state index in [1.54, 1.807) is 0 Å². The number of benzene rings is 1. The van der Waals surface area contributed by atoms with Gasteiger partial charge in [0.2, 0.25) is 5.96 Å². The molecule has 33 heavy (non-hydrogen) atoms. The van der Waals surface area contributed by atoms with Gasteiger partial charge in [-0.25, -0.2) is 15.2 Å². The summed E-state index contributed by atoms with van der Waals surface area (Å²) in [6, 6.07) is 6.00. The van der Waals surface area contributed by atoms with Gasteiger partial charge in [-0.15, -0.1) is 0 Å². The van der Waals surface area contributed by atoms with E-state index >= 15 is 0 Å². The molecule has 12 nitrogen and oxygen atoms in total. The highest BCUT2D eigenvalue weighted by molar-refractivity contribution is 6.45.